The molecule has 1 aliphatic heterocycles. The third-order valence-electron chi connectivity index (χ3n) is 5.49. The van der Waals surface area contributed by atoms with Crippen LogP contribution in [0.3, 0.4) is 0 Å². The maximum atomic E-state index is 5.62. The molecule has 2 aromatic rings. The fraction of sp³-hybridized carbons (Fsp3) is 0.522. The van der Waals surface area contributed by atoms with Crippen LogP contribution >= 0.6 is 24.0 Å². The molecule has 0 amide bonds. The van der Waals surface area contributed by atoms with Gasteiger partial charge in [0.25, 0.3) is 0 Å². The summed E-state index contributed by atoms with van der Waals surface area (Å²) in [6.07, 6.45) is 4.28. The summed E-state index contributed by atoms with van der Waals surface area (Å²) < 4.78 is 5.62. The van der Waals surface area contributed by atoms with Crippen LogP contribution in [0.15, 0.2) is 58.1 Å². The summed E-state index contributed by atoms with van der Waals surface area (Å²) >= 11 is 0. The molecule has 1 aromatic heterocycles. The normalized spacial score (nSPS) is 16.9. The molecule has 166 valence electrons. The minimum atomic E-state index is 0. The standard InChI is InChI=1S/C23H35N5O.HI/c1-4-24-23(26-18-21(27(2)3)22-13-10-16-29-22)25-17-20(28-14-8-9-15-28)19-11-6-5-7-12-19;/h5-7,10-13,16,20-21H,4,8-9,14-15,17-18H2,1-3H3,(H2,24,25,26);1H. The molecule has 0 spiro atoms. The van der Waals surface area contributed by atoms with Gasteiger partial charge in [-0.05, 0) is 64.6 Å². The van der Waals surface area contributed by atoms with Crippen LogP contribution in [0, 0.1) is 0 Å². The Morgan fingerprint density at radius 2 is 1.83 bits per heavy atom. The first kappa shape index (κ1) is 24.7. The van der Waals surface area contributed by atoms with Crippen molar-refractivity contribution in [2.45, 2.75) is 31.8 Å². The summed E-state index contributed by atoms with van der Waals surface area (Å²) in [5.74, 6) is 1.81. The molecule has 2 heterocycles. The number of likely N-dealkylation sites (N-methyl/N-ethyl adjacent to an activating group) is 1. The van der Waals surface area contributed by atoms with E-state index in [1.54, 1.807) is 6.26 Å². The molecule has 0 aliphatic carbocycles. The lowest BCUT2D eigenvalue weighted by molar-refractivity contribution is 0.250. The monoisotopic (exact) mass is 525 g/mol. The van der Waals surface area contributed by atoms with Crippen molar-refractivity contribution in [2.24, 2.45) is 4.99 Å². The Morgan fingerprint density at radius 3 is 2.43 bits per heavy atom. The van der Waals surface area contributed by atoms with Gasteiger partial charge in [-0.3, -0.25) is 14.8 Å². The van der Waals surface area contributed by atoms with E-state index in [0.717, 1.165) is 44.4 Å². The van der Waals surface area contributed by atoms with Crippen molar-refractivity contribution in [3.8, 4) is 0 Å². The minimum Gasteiger partial charge on any atom is -0.468 e. The van der Waals surface area contributed by atoms with Crippen molar-refractivity contribution in [3.05, 3.63) is 60.1 Å². The second-order valence-corrected chi connectivity index (χ2v) is 7.76. The quantitative estimate of drug-likeness (QED) is 0.296. The summed E-state index contributed by atoms with van der Waals surface area (Å²) in [5.41, 5.74) is 1.34. The minimum absolute atomic E-state index is 0. The Labute approximate surface area is 198 Å². The third kappa shape index (κ3) is 6.99. The molecule has 2 unspecified atom stereocenters. The first-order valence-corrected chi connectivity index (χ1v) is 10.7. The average Bonchev–Trinajstić information content (AvgIpc) is 3.43. The molecule has 3 rings (SSSR count). The number of furan rings is 1. The number of likely N-dealkylation sites (tertiary alicyclic amines) is 1. The van der Waals surface area contributed by atoms with E-state index in [2.05, 4.69) is 71.8 Å². The summed E-state index contributed by atoms with van der Waals surface area (Å²) in [6, 6.07) is 15.2. The number of rotatable bonds is 9. The maximum Gasteiger partial charge on any atom is 0.191 e. The molecule has 0 radical (unpaired) electrons. The molecule has 6 nitrogen and oxygen atoms in total. The SMILES string of the molecule is CCNC(=NCC(c1ccccc1)N1CCCC1)NCC(c1ccco1)N(C)C.I. The lowest BCUT2D eigenvalue weighted by atomic mass is 10.1. The molecule has 0 saturated carbocycles. The zero-order valence-corrected chi connectivity index (χ0v) is 20.7. The molecule has 2 N–H and O–H groups in total. The molecule has 1 aromatic carbocycles. The summed E-state index contributed by atoms with van der Waals surface area (Å²) in [6.45, 7) is 6.71. The molecule has 1 saturated heterocycles. The molecular weight excluding hydrogens is 489 g/mol. The van der Waals surface area contributed by atoms with Crippen LogP contribution in [0.1, 0.15) is 43.2 Å². The lowest BCUT2D eigenvalue weighted by Gasteiger charge is -2.27. The Hall–Kier alpha value is -1.58. The van der Waals surface area contributed by atoms with E-state index in [1.807, 2.05) is 12.1 Å². The molecule has 7 heteroatoms. The second kappa shape index (κ2) is 13.0. The zero-order chi connectivity index (χ0) is 20.5. The van der Waals surface area contributed by atoms with Crippen LogP contribution in [0.5, 0.6) is 0 Å². The number of nitrogens with zero attached hydrogens (tertiary/aromatic N) is 3. The van der Waals surface area contributed by atoms with Crippen LogP contribution in [0.2, 0.25) is 0 Å². The maximum absolute atomic E-state index is 5.62. The van der Waals surface area contributed by atoms with Crippen LogP contribution in [-0.2, 0) is 0 Å². The number of hydrogen-bond acceptors (Lipinski definition) is 4. The first-order valence-electron chi connectivity index (χ1n) is 10.7. The Balaban J connectivity index is 0.00000320. The van der Waals surface area contributed by atoms with Crippen molar-refractivity contribution >= 4 is 29.9 Å². The average molecular weight is 525 g/mol. The van der Waals surface area contributed by atoms with E-state index in [9.17, 15) is 0 Å². The fourth-order valence-corrected chi connectivity index (χ4v) is 3.89. The number of nitrogens with one attached hydrogen (secondary N) is 2. The summed E-state index contributed by atoms with van der Waals surface area (Å²) in [5, 5.41) is 6.90. The Kier molecular flexibility index (Phi) is 10.7. The van der Waals surface area contributed by atoms with Crippen molar-refractivity contribution in [3.63, 3.8) is 0 Å². The van der Waals surface area contributed by atoms with Gasteiger partial charge in [0.05, 0.1) is 24.9 Å². The van der Waals surface area contributed by atoms with E-state index in [0.29, 0.717) is 6.04 Å². The van der Waals surface area contributed by atoms with Gasteiger partial charge >= 0.3 is 0 Å². The molecule has 1 fully saturated rings. The van der Waals surface area contributed by atoms with Crippen molar-refractivity contribution < 1.29 is 4.42 Å². The van der Waals surface area contributed by atoms with E-state index < -0.39 is 0 Å². The van der Waals surface area contributed by atoms with Crippen LogP contribution in [0.4, 0.5) is 0 Å². The highest BCUT2D eigenvalue weighted by molar-refractivity contribution is 14.0. The predicted octanol–water partition coefficient (Wildman–Crippen LogP) is 3.89. The van der Waals surface area contributed by atoms with Crippen LogP contribution < -0.4 is 10.6 Å². The number of guanidine groups is 1. The first-order chi connectivity index (χ1) is 14.2. The number of hydrogen-bond donors (Lipinski definition) is 2. The van der Waals surface area contributed by atoms with Gasteiger partial charge in [-0.25, -0.2) is 0 Å². The fourth-order valence-electron chi connectivity index (χ4n) is 3.89. The molecule has 0 bridgehead atoms. The van der Waals surface area contributed by atoms with Crippen molar-refractivity contribution in [2.75, 3.05) is 46.8 Å². The van der Waals surface area contributed by atoms with Crippen molar-refractivity contribution in [1.82, 2.24) is 20.4 Å². The number of halogens is 1. The van der Waals surface area contributed by atoms with Gasteiger partial charge in [0.1, 0.15) is 5.76 Å². The summed E-state index contributed by atoms with van der Waals surface area (Å²) in [4.78, 5) is 9.67. The Bertz CT molecular complexity index is 729. The van der Waals surface area contributed by atoms with Gasteiger partial charge in [0, 0.05) is 13.1 Å². The van der Waals surface area contributed by atoms with E-state index >= 15 is 0 Å². The number of aliphatic imine (C=N–C) groups is 1. The smallest absolute Gasteiger partial charge is 0.191 e. The lowest BCUT2D eigenvalue weighted by Crippen LogP contribution is -2.42. The molecule has 2 atom stereocenters. The number of benzene rings is 1. The van der Waals surface area contributed by atoms with Gasteiger partial charge < -0.3 is 15.1 Å². The van der Waals surface area contributed by atoms with E-state index in [-0.39, 0.29) is 30.0 Å². The van der Waals surface area contributed by atoms with Crippen LogP contribution in [0.25, 0.3) is 0 Å². The Morgan fingerprint density at radius 1 is 1.10 bits per heavy atom. The highest BCUT2D eigenvalue weighted by Gasteiger charge is 2.23. The second-order valence-electron chi connectivity index (χ2n) is 7.76. The van der Waals surface area contributed by atoms with E-state index in [4.69, 9.17) is 9.41 Å². The largest absolute Gasteiger partial charge is 0.468 e. The van der Waals surface area contributed by atoms with Gasteiger partial charge in [-0.1, -0.05) is 30.3 Å². The molecule has 1 aliphatic rings. The highest BCUT2D eigenvalue weighted by Crippen LogP contribution is 2.25. The van der Waals surface area contributed by atoms with Gasteiger partial charge in [-0.15, -0.1) is 24.0 Å². The molecule has 30 heavy (non-hydrogen) atoms. The van der Waals surface area contributed by atoms with Gasteiger partial charge in [0.15, 0.2) is 5.96 Å². The summed E-state index contributed by atoms with van der Waals surface area (Å²) in [7, 11) is 4.13. The highest BCUT2D eigenvalue weighted by atomic mass is 127. The third-order valence-corrected chi connectivity index (χ3v) is 5.49. The van der Waals surface area contributed by atoms with E-state index in [1.165, 1.54) is 18.4 Å². The van der Waals surface area contributed by atoms with Crippen molar-refractivity contribution in [1.29, 1.82) is 0 Å². The van der Waals surface area contributed by atoms with Gasteiger partial charge in [-0.2, -0.15) is 0 Å². The topological polar surface area (TPSA) is 56.0 Å². The predicted molar refractivity (Wildman–Crippen MR) is 135 cm³/mol. The molecular formula is C23H36IN5O. The van der Waals surface area contributed by atoms with Gasteiger partial charge in [0.2, 0.25) is 0 Å². The van der Waals surface area contributed by atoms with Crippen LogP contribution in [-0.4, -0.2) is 62.6 Å². The zero-order valence-electron chi connectivity index (χ0n) is 18.4.